The average molecular weight is 594 g/mol. The Bertz CT molecular complexity index is 1660. The number of anilines is 1. The number of thiocarbonyl (C=S) groups is 1. The SMILES string of the molecule is CCOC(=O)N1CCN(c2nc3c(C)cccn3c(=O)c2/C=C2/SC(=S)N(Cc3ccc4c(c3)OCO4)C2=O)CC1. The predicted molar refractivity (Wildman–Crippen MR) is 158 cm³/mol. The predicted octanol–water partition coefficient (Wildman–Crippen LogP) is 3.41. The molecule has 13 heteroatoms. The van der Waals surface area contributed by atoms with Crippen LogP contribution in [0, 0.1) is 6.92 Å². The van der Waals surface area contributed by atoms with E-state index < -0.39 is 0 Å². The van der Waals surface area contributed by atoms with Crippen molar-refractivity contribution in [3.05, 3.63) is 68.5 Å². The van der Waals surface area contributed by atoms with Crippen molar-refractivity contribution < 1.29 is 23.8 Å². The third-order valence-electron chi connectivity index (χ3n) is 7.10. The van der Waals surface area contributed by atoms with Gasteiger partial charge in [-0.2, -0.15) is 0 Å². The topological polar surface area (TPSA) is 106 Å². The molecule has 0 radical (unpaired) electrons. The first-order valence-electron chi connectivity index (χ1n) is 13.2. The molecule has 2 aromatic heterocycles. The van der Waals surface area contributed by atoms with E-state index in [0.717, 1.165) is 22.9 Å². The van der Waals surface area contributed by atoms with Crippen LogP contribution in [-0.4, -0.2) is 75.1 Å². The van der Waals surface area contributed by atoms with E-state index in [9.17, 15) is 14.4 Å². The first-order valence-corrected chi connectivity index (χ1v) is 14.4. The Morgan fingerprint density at radius 2 is 1.93 bits per heavy atom. The smallest absolute Gasteiger partial charge is 0.409 e. The van der Waals surface area contributed by atoms with E-state index in [-0.39, 0.29) is 30.9 Å². The van der Waals surface area contributed by atoms with Gasteiger partial charge in [0.15, 0.2) is 11.5 Å². The lowest BCUT2D eigenvalue weighted by molar-refractivity contribution is -0.122. The Hall–Kier alpha value is -4.10. The molecule has 3 aromatic rings. The zero-order chi connectivity index (χ0) is 28.7. The van der Waals surface area contributed by atoms with Crippen molar-refractivity contribution in [1.29, 1.82) is 0 Å². The van der Waals surface area contributed by atoms with E-state index in [0.29, 0.717) is 70.5 Å². The van der Waals surface area contributed by atoms with E-state index in [1.54, 1.807) is 30.2 Å². The van der Waals surface area contributed by atoms with Gasteiger partial charge in [-0.25, -0.2) is 9.78 Å². The minimum atomic E-state index is -0.360. The maximum atomic E-state index is 13.8. The first-order chi connectivity index (χ1) is 19.8. The number of pyridine rings is 1. The number of rotatable bonds is 5. The number of amides is 2. The number of aromatic nitrogens is 2. The maximum Gasteiger partial charge on any atom is 0.409 e. The second kappa shape index (κ2) is 11.1. The van der Waals surface area contributed by atoms with Crippen molar-refractivity contribution in [3.63, 3.8) is 0 Å². The minimum absolute atomic E-state index is 0.164. The number of benzene rings is 1. The molecule has 0 spiro atoms. The molecule has 5 heterocycles. The number of carbonyl (C=O) groups is 2. The van der Waals surface area contributed by atoms with E-state index in [4.69, 9.17) is 31.4 Å². The first kappa shape index (κ1) is 27.1. The molecule has 0 aliphatic carbocycles. The van der Waals surface area contributed by atoms with Gasteiger partial charge in [0, 0.05) is 32.4 Å². The van der Waals surface area contributed by atoms with Crippen molar-refractivity contribution in [2.45, 2.75) is 20.4 Å². The largest absolute Gasteiger partial charge is 0.454 e. The highest BCUT2D eigenvalue weighted by molar-refractivity contribution is 8.26. The molecule has 11 nitrogen and oxygen atoms in total. The van der Waals surface area contributed by atoms with Crippen LogP contribution in [0.5, 0.6) is 11.5 Å². The van der Waals surface area contributed by atoms with Crippen LogP contribution in [0.4, 0.5) is 10.6 Å². The third kappa shape index (κ3) is 5.10. The fourth-order valence-electron chi connectivity index (χ4n) is 4.97. The van der Waals surface area contributed by atoms with Crippen LogP contribution in [0.15, 0.2) is 46.2 Å². The zero-order valence-corrected chi connectivity index (χ0v) is 24.1. The molecule has 0 unspecified atom stereocenters. The normalized spacial score (nSPS) is 17.7. The molecule has 1 aromatic carbocycles. The van der Waals surface area contributed by atoms with Gasteiger partial charge < -0.3 is 24.0 Å². The molecule has 0 saturated carbocycles. The summed E-state index contributed by atoms with van der Waals surface area (Å²) in [4.78, 5) is 50.0. The molecular formula is C28H27N5O6S2. The van der Waals surface area contributed by atoms with Gasteiger partial charge in [0.05, 0.1) is 23.6 Å². The molecule has 2 saturated heterocycles. The van der Waals surface area contributed by atoms with Crippen molar-refractivity contribution >= 4 is 57.8 Å². The molecule has 0 N–H and O–H groups in total. The minimum Gasteiger partial charge on any atom is -0.454 e. The highest BCUT2D eigenvalue weighted by atomic mass is 32.2. The molecule has 2 fully saturated rings. The quantitative estimate of drug-likeness (QED) is 0.323. The van der Waals surface area contributed by atoms with E-state index in [2.05, 4.69) is 0 Å². The Morgan fingerprint density at radius 1 is 1.15 bits per heavy atom. The second-order valence-corrected chi connectivity index (χ2v) is 11.3. The summed E-state index contributed by atoms with van der Waals surface area (Å²) in [6, 6.07) is 9.19. The summed E-state index contributed by atoms with van der Waals surface area (Å²) < 4.78 is 17.9. The van der Waals surface area contributed by atoms with E-state index >= 15 is 0 Å². The lowest BCUT2D eigenvalue weighted by atomic mass is 10.2. The summed E-state index contributed by atoms with van der Waals surface area (Å²) in [5, 5.41) is 0. The van der Waals surface area contributed by atoms with Crippen molar-refractivity contribution in [3.8, 4) is 11.5 Å². The number of nitrogens with zero attached hydrogens (tertiary/aromatic N) is 5. The van der Waals surface area contributed by atoms with Crippen LogP contribution in [-0.2, 0) is 16.1 Å². The van der Waals surface area contributed by atoms with Crippen LogP contribution in [0.25, 0.3) is 11.7 Å². The molecule has 41 heavy (non-hydrogen) atoms. The van der Waals surface area contributed by atoms with Gasteiger partial charge in [-0.05, 0) is 49.2 Å². The fourth-order valence-corrected chi connectivity index (χ4v) is 6.21. The highest BCUT2D eigenvalue weighted by Gasteiger charge is 2.34. The van der Waals surface area contributed by atoms with Gasteiger partial charge in [-0.1, -0.05) is 36.1 Å². The number of piperazine rings is 1. The monoisotopic (exact) mass is 593 g/mol. The number of fused-ring (bicyclic) bond motifs is 2. The van der Waals surface area contributed by atoms with Gasteiger partial charge >= 0.3 is 6.09 Å². The van der Waals surface area contributed by atoms with Crippen LogP contribution in [0.1, 0.15) is 23.6 Å². The number of hydrogen-bond donors (Lipinski definition) is 0. The second-order valence-electron chi connectivity index (χ2n) is 9.67. The van der Waals surface area contributed by atoms with Crippen LogP contribution < -0.4 is 19.9 Å². The Morgan fingerprint density at radius 3 is 2.71 bits per heavy atom. The van der Waals surface area contributed by atoms with Crippen LogP contribution in [0.3, 0.4) is 0 Å². The average Bonchev–Trinajstić information content (AvgIpc) is 3.54. The molecule has 3 aliphatic rings. The molecule has 2 amide bonds. The summed E-state index contributed by atoms with van der Waals surface area (Å²) in [5.41, 5.74) is 2.23. The van der Waals surface area contributed by atoms with E-state index in [1.165, 1.54) is 9.30 Å². The summed E-state index contributed by atoms with van der Waals surface area (Å²) >= 11 is 6.72. The molecule has 0 bridgehead atoms. The lowest BCUT2D eigenvalue weighted by Gasteiger charge is -2.35. The molecular weight excluding hydrogens is 566 g/mol. The number of aryl methyl sites for hydroxylation is 1. The standard InChI is InChI=1S/C28H27N5O6S2/c1-3-37-27(36)31-11-9-30(10-12-31)24-19(25(34)32-8-4-5-17(2)23(32)29-24)14-22-26(35)33(28(40)41-22)15-18-6-7-20-21(13-18)39-16-38-20/h4-8,13-14H,3,9-12,15-16H2,1-2H3/b22-14+. The van der Waals surface area contributed by atoms with Crippen molar-refractivity contribution in [2.24, 2.45) is 0 Å². The summed E-state index contributed by atoms with van der Waals surface area (Å²) in [6.45, 7) is 6.15. The fraction of sp³-hybridized carbons (Fsp3) is 0.321. The number of ether oxygens (including phenoxy) is 3. The molecule has 0 atom stereocenters. The van der Waals surface area contributed by atoms with Gasteiger partial charge in [-0.15, -0.1) is 0 Å². The highest BCUT2D eigenvalue weighted by Crippen LogP contribution is 2.37. The lowest BCUT2D eigenvalue weighted by Crippen LogP contribution is -2.49. The van der Waals surface area contributed by atoms with Gasteiger partial charge in [0.25, 0.3) is 11.5 Å². The third-order valence-corrected chi connectivity index (χ3v) is 8.47. The Labute approximate surface area is 245 Å². The Kier molecular flexibility index (Phi) is 7.30. The maximum absolute atomic E-state index is 13.8. The van der Waals surface area contributed by atoms with Crippen LogP contribution in [0.2, 0.25) is 0 Å². The summed E-state index contributed by atoms with van der Waals surface area (Å²) in [6.07, 6.45) is 2.90. The number of hydrogen-bond acceptors (Lipinski definition) is 10. The van der Waals surface area contributed by atoms with Gasteiger partial charge in [0.1, 0.15) is 15.8 Å². The zero-order valence-electron chi connectivity index (χ0n) is 22.5. The molecule has 6 rings (SSSR count). The molecule has 3 aliphatic heterocycles. The van der Waals surface area contributed by atoms with Gasteiger partial charge in [0.2, 0.25) is 6.79 Å². The number of thioether (sulfide) groups is 1. The van der Waals surface area contributed by atoms with Crippen molar-refractivity contribution in [1.82, 2.24) is 19.2 Å². The van der Waals surface area contributed by atoms with E-state index in [1.807, 2.05) is 36.1 Å². The molecule has 212 valence electrons. The Balaban J connectivity index is 1.33. The number of carbonyl (C=O) groups excluding carboxylic acids is 2. The summed E-state index contributed by atoms with van der Waals surface area (Å²) in [5.74, 6) is 1.47. The van der Waals surface area contributed by atoms with Gasteiger partial charge in [-0.3, -0.25) is 18.9 Å². The van der Waals surface area contributed by atoms with Crippen LogP contribution >= 0.6 is 24.0 Å². The summed E-state index contributed by atoms with van der Waals surface area (Å²) in [7, 11) is 0. The van der Waals surface area contributed by atoms with Crippen molar-refractivity contribution in [2.75, 3.05) is 44.5 Å².